The minimum absolute atomic E-state index is 0.0181. The smallest absolute Gasteiger partial charge is 0.167 e. The number of benzene rings is 2. The van der Waals surface area contributed by atoms with Crippen molar-refractivity contribution in [2.24, 2.45) is 5.92 Å². The summed E-state index contributed by atoms with van der Waals surface area (Å²) in [5.74, 6) is -1.76. The molecule has 2 atom stereocenters. The zero-order chi connectivity index (χ0) is 22.9. The van der Waals surface area contributed by atoms with Gasteiger partial charge >= 0.3 is 0 Å². The van der Waals surface area contributed by atoms with Gasteiger partial charge in [-0.25, -0.2) is 13.2 Å². The summed E-state index contributed by atoms with van der Waals surface area (Å²) in [6, 6.07) is 7.20. The van der Waals surface area contributed by atoms with Crippen LogP contribution in [0, 0.1) is 23.4 Å². The van der Waals surface area contributed by atoms with Crippen molar-refractivity contribution in [2.75, 3.05) is 13.2 Å². The molecular formula is C27H35F3O2. The maximum absolute atomic E-state index is 14.9. The fourth-order valence-electron chi connectivity index (χ4n) is 4.36. The third-order valence-electron chi connectivity index (χ3n) is 6.25. The summed E-state index contributed by atoms with van der Waals surface area (Å²) in [4.78, 5) is 0. The van der Waals surface area contributed by atoms with Crippen LogP contribution in [0.1, 0.15) is 83.3 Å². The van der Waals surface area contributed by atoms with Crippen molar-refractivity contribution in [3.63, 3.8) is 0 Å². The Hall–Kier alpha value is -2.01. The van der Waals surface area contributed by atoms with Gasteiger partial charge in [-0.1, -0.05) is 58.1 Å². The number of hydrogen-bond acceptors (Lipinski definition) is 2. The van der Waals surface area contributed by atoms with Crippen molar-refractivity contribution in [1.82, 2.24) is 0 Å². The second-order valence-corrected chi connectivity index (χ2v) is 8.79. The predicted molar refractivity (Wildman–Crippen MR) is 122 cm³/mol. The quantitative estimate of drug-likeness (QED) is 0.321. The molecule has 0 aromatic heterocycles. The van der Waals surface area contributed by atoms with Crippen molar-refractivity contribution in [2.45, 2.75) is 77.7 Å². The number of hydrogen-bond donors (Lipinski definition) is 0. The van der Waals surface area contributed by atoms with E-state index in [1.807, 2.05) is 6.92 Å². The first-order valence-electron chi connectivity index (χ1n) is 12.1. The Morgan fingerprint density at radius 1 is 0.875 bits per heavy atom. The van der Waals surface area contributed by atoms with E-state index in [-0.39, 0.29) is 16.7 Å². The predicted octanol–water partition coefficient (Wildman–Crippen LogP) is 8.39. The molecule has 1 aliphatic heterocycles. The Morgan fingerprint density at radius 3 is 2.34 bits per heavy atom. The van der Waals surface area contributed by atoms with E-state index in [9.17, 15) is 13.2 Å². The van der Waals surface area contributed by atoms with Crippen molar-refractivity contribution in [3.8, 4) is 16.9 Å². The molecule has 2 aromatic carbocycles. The van der Waals surface area contributed by atoms with Crippen LogP contribution in [0.3, 0.4) is 0 Å². The van der Waals surface area contributed by atoms with Gasteiger partial charge in [-0.15, -0.1) is 0 Å². The van der Waals surface area contributed by atoms with Gasteiger partial charge in [-0.2, -0.15) is 0 Å². The molecule has 0 N–H and O–H groups in total. The SMILES string of the molecule is CCCCCCCC1CCC(c2ccc(-c3ccc(OCCC)cc3F)c(F)c2F)OC1. The molecule has 1 saturated heterocycles. The van der Waals surface area contributed by atoms with Gasteiger partial charge in [0.2, 0.25) is 0 Å². The molecule has 1 heterocycles. The normalized spacial score (nSPS) is 18.7. The largest absolute Gasteiger partial charge is 0.494 e. The lowest BCUT2D eigenvalue weighted by molar-refractivity contribution is -0.0218. The van der Waals surface area contributed by atoms with Gasteiger partial charge in [0.1, 0.15) is 11.6 Å². The summed E-state index contributed by atoms with van der Waals surface area (Å²) in [5.41, 5.74) is 0.145. The minimum Gasteiger partial charge on any atom is -0.494 e. The number of ether oxygens (including phenoxy) is 2. The average Bonchev–Trinajstić information content (AvgIpc) is 2.80. The van der Waals surface area contributed by atoms with Crippen LogP contribution >= 0.6 is 0 Å². The maximum Gasteiger partial charge on any atom is 0.167 e. The van der Waals surface area contributed by atoms with Crippen LogP contribution in [-0.4, -0.2) is 13.2 Å². The summed E-state index contributed by atoms with van der Waals surface area (Å²) in [6.45, 7) is 5.21. The molecule has 0 spiro atoms. The van der Waals surface area contributed by atoms with E-state index in [1.165, 1.54) is 56.4 Å². The van der Waals surface area contributed by atoms with Crippen LogP contribution in [0.2, 0.25) is 0 Å². The van der Waals surface area contributed by atoms with Crippen LogP contribution in [-0.2, 0) is 4.74 Å². The second kappa shape index (κ2) is 12.3. The van der Waals surface area contributed by atoms with Crippen molar-refractivity contribution < 1.29 is 22.6 Å². The first-order chi connectivity index (χ1) is 15.5. The van der Waals surface area contributed by atoms with Gasteiger partial charge in [0.05, 0.1) is 19.3 Å². The topological polar surface area (TPSA) is 18.5 Å². The fraction of sp³-hybridized carbons (Fsp3) is 0.556. The number of rotatable bonds is 11. The molecule has 2 aromatic rings. The van der Waals surface area contributed by atoms with Gasteiger partial charge in [-0.05, 0) is 43.7 Å². The van der Waals surface area contributed by atoms with Crippen molar-refractivity contribution in [1.29, 1.82) is 0 Å². The molecule has 0 bridgehead atoms. The Morgan fingerprint density at radius 2 is 1.66 bits per heavy atom. The zero-order valence-electron chi connectivity index (χ0n) is 19.3. The summed E-state index contributed by atoms with van der Waals surface area (Å²) in [5, 5.41) is 0. The molecular weight excluding hydrogens is 413 g/mol. The number of unbranched alkanes of at least 4 members (excludes halogenated alkanes) is 4. The first kappa shape index (κ1) is 24.6. The van der Waals surface area contributed by atoms with E-state index in [0.29, 0.717) is 31.3 Å². The summed E-state index contributed by atoms with van der Waals surface area (Å²) < 4.78 is 55.7. The van der Waals surface area contributed by atoms with Crippen LogP contribution < -0.4 is 4.74 Å². The Labute approximate surface area is 190 Å². The van der Waals surface area contributed by atoms with Gasteiger partial charge in [-0.3, -0.25) is 0 Å². The molecule has 1 aliphatic rings. The molecule has 1 fully saturated rings. The minimum atomic E-state index is -1.04. The van der Waals surface area contributed by atoms with Crippen molar-refractivity contribution in [3.05, 3.63) is 53.3 Å². The lowest BCUT2D eigenvalue weighted by atomic mass is 9.90. The summed E-state index contributed by atoms with van der Waals surface area (Å²) >= 11 is 0. The molecule has 0 saturated carbocycles. The molecule has 0 aliphatic carbocycles. The molecule has 2 unspecified atom stereocenters. The van der Waals surface area contributed by atoms with Gasteiger partial charge in [0.15, 0.2) is 11.6 Å². The molecule has 176 valence electrons. The zero-order valence-corrected chi connectivity index (χ0v) is 19.3. The average molecular weight is 449 g/mol. The highest BCUT2D eigenvalue weighted by Crippen LogP contribution is 2.37. The Kier molecular flexibility index (Phi) is 9.46. The first-order valence-corrected chi connectivity index (χ1v) is 12.1. The highest BCUT2D eigenvalue weighted by atomic mass is 19.2. The maximum atomic E-state index is 14.9. The van der Waals surface area contributed by atoms with Gasteiger partial charge < -0.3 is 9.47 Å². The molecule has 32 heavy (non-hydrogen) atoms. The second-order valence-electron chi connectivity index (χ2n) is 8.79. The number of halogens is 3. The molecule has 2 nitrogen and oxygen atoms in total. The van der Waals surface area contributed by atoms with Crippen LogP contribution in [0.15, 0.2) is 30.3 Å². The molecule has 0 amide bonds. The standard InChI is InChI=1S/C27H35F3O2/c1-3-5-6-7-8-9-19-10-15-25(32-18-19)23-14-13-22(26(29)27(23)30)21-12-11-20(17-24(21)28)31-16-4-2/h11-14,17,19,25H,3-10,15-16,18H2,1-2H3. The summed E-state index contributed by atoms with van der Waals surface area (Å²) in [6.07, 6.45) is 9.34. The summed E-state index contributed by atoms with van der Waals surface area (Å²) in [7, 11) is 0. The lowest BCUT2D eigenvalue weighted by Gasteiger charge is -2.30. The van der Waals surface area contributed by atoms with Crippen LogP contribution in [0.4, 0.5) is 13.2 Å². The fourth-order valence-corrected chi connectivity index (χ4v) is 4.36. The lowest BCUT2D eigenvalue weighted by Crippen LogP contribution is -2.21. The third-order valence-corrected chi connectivity index (χ3v) is 6.25. The van der Waals surface area contributed by atoms with Crippen LogP contribution in [0.25, 0.3) is 11.1 Å². The highest BCUT2D eigenvalue weighted by Gasteiger charge is 2.27. The van der Waals surface area contributed by atoms with E-state index >= 15 is 0 Å². The van der Waals surface area contributed by atoms with E-state index in [1.54, 1.807) is 6.07 Å². The van der Waals surface area contributed by atoms with E-state index in [0.717, 1.165) is 19.3 Å². The van der Waals surface area contributed by atoms with E-state index in [4.69, 9.17) is 9.47 Å². The monoisotopic (exact) mass is 448 g/mol. The Balaban J connectivity index is 1.63. The molecule has 3 rings (SSSR count). The van der Waals surface area contributed by atoms with E-state index in [2.05, 4.69) is 6.92 Å². The van der Waals surface area contributed by atoms with Gasteiger partial charge in [0, 0.05) is 22.8 Å². The Bertz CT molecular complexity index is 860. The third kappa shape index (κ3) is 6.28. The highest BCUT2D eigenvalue weighted by molar-refractivity contribution is 5.66. The molecule has 0 radical (unpaired) electrons. The van der Waals surface area contributed by atoms with Gasteiger partial charge in [0.25, 0.3) is 0 Å². The molecule has 5 heteroatoms. The van der Waals surface area contributed by atoms with Crippen LogP contribution in [0.5, 0.6) is 5.75 Å². The van der Waals surface area contributed by atoms with Crippen molar-refractivity contribution >= 4 is 0 Å². The van der Waals surface area contributed by atoms with E-state index < -0.39 is 23.6 Å².